The van der Waals surface area contributed by atoms with Crippen LogP contribution in [0.25, 0.3) is 10.9 Å². The Bertz CT molecular complexity index is 724. The highest BCUT2D eigenvalue weighted by molar-refractivity contribution is 5.80. The summed E-state index contributed by atoms with van der Waals surface area (Å²) >= 11 is 0. The molecule has 0 radical (unpaired) electrons. The highest BCUT2D eigenvalue weighted by Gasteiger charge is 2.27. The third-order valence-electron chi connectivity index (χ3n) is 3.98. The Kier molecular flexibility index (Phi) is 4.12. The summed E-state index contributed by atoms with van der Waals surface area (Å²) in [6.07, 6.45) is 1.43. The molecule has 2 aromatic rings. The van der Waals surface area contributed by atoms with E-state index < -0.39 is 0 Å². The van der Waals surface area contributed by atoms with Crippen LogP contribution in [0, 0.1) is 11.3 Å². The van der Waals surface area contributed by atoms with Crippen molar-refractivity contribution in [2.45, 2.75) is 25.9 Å². The number of nitrogens with zero attached hydrogens (tertiary/aromatic N) is 2. The minimum Gasteiger partial charge on any atom is -0.494 e. The number of pyridine rings is 1. The molecule has 1 aliphatic rings. The van der Waals surface area contributed by atoms with Crippen molar-refractivity contribution in [1.82, 2.24) is 0 Å². The van der Waals surface area contributed by atoms with E-state index in [9.17, 15) is 10.4 Å². The second-order valence-corrected chi connectivity index (χ2v) is 5.57. The van der Waals surface area contributed by atoms with Crippen LogP contribution in [0.2, 0.25) is 0 Å². The first-order chi connectivity index (χ1) is 10.7. The maximum absolute atomic E-state index is 9.86. The molecule has 3 rings (SSSR count). The van der Waals surface area contributed by atoms with Crippen LogP contribution in [0.4, 0.5) is 5.82 Å². The first kappa shape index (κ1) is 14.6. The predicted molar refractivity (Wildman–Crippen MR) is 83.8 cm³/mol. The van der Waals surface area contributed by atoms with Crippen LogP contribution in [0.5, 0.6) is 5.75 Å². The molecular formula is C17H20N3O2+. The number of aromatic amines is 1. The number of rotatable bonds is 3. The molecule has 5 heteroatoms. The van der Waals surface area contributed by atoms with Gasteiger partial charge in [-0.1, -0.05) is 0 Å². The van der Waals surface area contributed by atoms with Crippen LogP contribution < -0.4 is 14.6 Å². The number of benzene rings is 1. The molecule has 0 unspecified atom stereocenters. The van der Waals surface area contributed by atoms with Crippen molar-refractivity contribution in [3.63, 3.8) is 0 Å². The molecule has 1 aromatic heterocycles. The first-order valence-electron chi connectivity index (χ1n) is 7.67. The van der Waals surface area contributed by atoms with Gasteiger partial charge in [0.1, 0.15) is 29.4 Å². The molecule has 1 fully saturated rings. The summed E-state index contributed by atoms with van der Waals surface area (Å²) in [5.74, 6) is 1.59. The number of aliphatic hydroxyl groups excluding tert-OH is 1. The lowest BCUT2D eigenvalue weighted by Gasteiger charge is -2.25. The summed E-state index contributed by atoms with van der Waals surface area (Å²) in [5, 5.41) is 20.3. The third kappa shape index (κ3) is 2.83. The molecule has 0 amide bonds. The number of hydrogen-bond donors (Lipinski definition) is 1. The van der Waals surface area contributed by atoms with Crippen LogP contribution in [0.3, 0.4) is 0 Å². The highest BCUT2D eigenvalue weighted by atomic mass is 16.5. The Morgan fingerprint density at radius 1 is 1.45 bits per heavy atom. The fourth-order valence-electron chi connectivity index (χ4n) is 2.94. The number of nitrogens with one attached hydrogen (secondary N) is 1. The van der Waals surface area contributed by atoms with E-state index >= 15 is 0 Å². The SMILES string of the molecule is CCOc1ccc2[nH+]c(N3CCC[C@H](O)C3)c(C#N)cc2c1. The van der Waals surface area contributed by atoms with E-state index in [4.69, 9.17) is 4.74 Å². The number of aromatic nitrogens is 1. The second-order valence-electron chi connectivity index (χ2n) is 5.57. The topological polar surface area (TPSA) is 70.6 Å². The summed E-state index contributed by atoms with van der Waals surface area (Å²) in [5.41, 5.74) is 1.55. The molecular weight excluding hydrogens is 278 g/mol. The Morgan fingerprint density at radius 2 is 2.32 bits per heavy atom. The molecule has 0 aliphatic carbocycles. The maximum atomic E-state index is 9.86. The quantitative estimate of drug-likeness (QED) is 0.939. The molecule has 1 aliphatic heterocycles. The zero-order valence-corrected chi connectivity index (χ0v) is 12.7. The van der Waals surface area contributed by atoms with E-state index in [0.717, 1.165) is 41.9 Å². The average molecular weight is 298 g/mol. The molecule has 1 aromatic carbocycles. The van der Waals surface area contributed by atoms with Gasteiger partial charge in [0.25, 0.3) is 5.82 Å². The summed E-state index contributed by atoms with van der Waals surface area (Å²) in [4.78, 5) is 5.40. The number of fused-ring (bicyclic) bond motifs is 1. The van der Waals surface area contributed by atoms with Crippen molar-refractivity contribution in [2.24, 2.45) is 0 Å². The predicted octanol–water partition coefficient (Wildman–Crippen LogP) is 1.89. The van der Waals surface area contributed by atoms with Gasteiger partial charge in [0, 0.05) is 5.39 Å². The minimum absolute atomic E-state index is 0.329. The van der Waals surface area contributed by atoms with Crippen LogP contribution in [-0.4, -0.2) is 30.9 Å². The van der Waals surface area contributed by atoms with Gasteiger partial charge in [0.2, 0.25) is 0 Å². The highest BCUT2D eigenvalue weighted by Crippen LogP contribution is 2.25. The Morgan fingerprint density at radius 3 is 3.05 bits per heavy atom. The fraction of sp³-hybridized carbons (Fsp3) is 0.412. The van der Waals surface area contributed by atoms with Crippen LogP contribution >= 0.6 is 0 Å². The van der Waals surface area contributed by atoms with Crippen LogP contribution in [0.15, 0.2) is 24.3 Å². The lowest BCUT2D eigenvalue weighted by molar-refractivity contribution is -0.331. The van der Waals surface area contributed by atoms with Crippen molar-refractivity contribution < 1.29 is 14.8 Å². The largest absolute Gasteiger partial charge is 0.494 e. The van der Waals surface area contributed by atoms with Crippen molar-refractivity contribution in [3.8, 4) is 11.8 Å². The lowest BCUT2D eigenvalue weighted by Crippen LogP contribution is -2.41. The van der Waals surface area contributed by atoms with Gasteiger partial charge in [-0.3, -0.25) is 4.90 Å². The van der Waals surface area contributed by atoms with Crippen LogP contribution in [0.1, 0.15) is 25.3 Å². The standard InChI is InChI=1S/C17H19N3O2/c1-2-22-15-5-6-16-12(9-15)8-13(10-18)17(19-16)20-7-3-4-14(21)11-20/h5-6,8-9,14,21H,2-4,7,11H2,1H3/p+1/t14-/m0/s1. The minimum atomic E-state index is -0.329. The number of nitriles is 1. The van der Waals surface area contributed by atoms with Crippen molar-refractivity contribution in [2.75, 3.05) is 24.6 Å². The summed E-state index contributed by atoms with van der Waals surface area (Å²) in [7, 11) is 0. The molecule has 0 spiro atoms. The van der Waals surface area contributed by atoms with Gasteiger partial charge in [0.05, 0.1) is 19.3 Å². The maximum Gasteiger partial charge on any atom is 0.293 e. The molecule has 2 heterocycles. The van der Waals surface area contributed by atoms with Gasteiger partial charge in [0.15, 0.2) is 0 Å². The lowest BCUT2D eigenvalue weighted by atomic mass is 10.1. The zero-order chi connectivity index (χ0) is 15.5. The summed E-state index contributed by atoms with van der Waals surface area (Å²) in [6.45, 7) is 3.98. The van der Waals surface area contributed by atoms with E-state index in [1.54, 1.807) is 0 Å². The van der Waals surface area contributed by atoms with E-state index in [-0.39, 0.29) is 6.10 Å². The van der Waals surface area contributed by atoms with Crippen LogP contribution in [-0.2, 0) is 0 Å². The number of β-amino-alcohol motifs (C(OH)–C–C–N with tert-alkyl or cyclic N) is 1. The smallest absolute Gasteiger partial charge is 0.293 e. The number of hydrogen-bond acceptors (Lipinski definition) is 4. The number of H-pyrrole nitrogens is 1. The fourth-order valence-corrected chi connectivity index (χ4v) is 2.94. The molecule has 0 bridgehead atoms. The first-order valence-corrected chi connectivity index (χ1v) is 7.67. The van der Waals surface area contributed by atoms with E-state index in [1.807, 2.05) is 31.2 Å². The van der Waals surface area contributed by atoms with Crippen molar-refractivity contribution in [1.29, 1.82) is 5.26 Å². The average Bonchev–Trinajstić information content (AvgIpc) is 2.54. The normalized spacial score (nSPS) is 18.2. The zero-order valence-electron chi connectivity index (χ0n) is 12.7. The summed E-state index contributed by atoms with van der Waals surface area (Å²) < 4.78 is 5.51. The molecule has 114 valence electrons. The van der Waals surface area contributed by atoms with Gasteiger partial charge < -0.3 is 9.84 Å². The molecule has 22 heavy (non-hydrogen) atoms. The molecule has 1 saturated heterocycles. The number of anilines is 1. The summed E-state index contributed by atoms with van der Waals surface area (Å²) in [6, 6.07) is 9.95. The van der Waals surface area contributed by atoms with Crippen molar-refractivity contribution >= 4 is 16.7 Å². The number of piperidine rings is 1. The van der Waals surface area contributed by atoms with Gasteiger partial charge in [-0.15, -0.1) is 0 Å². The number of ether oxygens (including phenoxy) is 1. The van der Waals surface area contributed by atoms with E-state index in [0.29, 0.717) is 18.7 Å². The molecule has 1 atom stereocenters. The van der Waals surface area contributed by atoms with E-state index in [1.165, 1.54) is 0 Å². The molecule has 5 nitrogen and oxygen atoms in total. The van der Waals surface area contributed by atoms with Gasteiger partial charge in [-0.05, 0) is 44.0 Å². The van der Waals surface area contributed by atoms with Gasteiger partial charge >= 0.3 is 0 Å². The molecule has 0 saturated carbocycles. The van der Waals surface area contributed by atoms with Gasteiger partial charge in [-0.2, -0.15) is 5.26 Å². The second kappa shape index (κ2) is 6.20. The Hall–Kier alpha value is -2.32. The monoisotopic (exact) mass is 298 g/mol. The number of aliphatic hydroxyl groups is 1. The van der Waals surface area contributed by atoms with E-state index in [2.05, 4.69) is 16.0 Å². The third-order valence-corrected chi connectivity index (χ3v) is 3.98. The Balaban J connectivity index is 2.03. The molecule has 2 N–H and O–H groups in total. The van der Waals surface area contributed by atoms with Crippen molar-refractivity contribution in [3.05, 3.63) is 29.8 Å². The Labute approximate surface area is 129 Å². The van der Waals surface area contributed by atoms with Gasteiger partial charge in [-0.25, -0.2) is 4.98 Å².